The van der Waals surface area contributed by atoms with E-state index in [-0.39, 0.29) is 10.8 Å². The molecule has 0 saturated heterocycles. The minimum absolute atomic E-state index is 0.0572. The van der Waals surface area contributed by atoms with E-state index in [0.717, 1.165) is 33.9 Å². The van der Waals surface area contributed by atoms with Crippen LogP contribution in [0.25, 0.3) is 10.4 Å². The van der Waals surface area contributed by atoms with Crippen LogP contribution >= 0.6 is 22.9 Å². The summed E-state index contributed by atoms with van der Waals surface area (Å²) in [5, 5.41) is 8.61. The Morgan fingerprint density at radius 3 is 2.37 bits per heavy atom. The van der Waals surface area contributed by atoms with Crippen molar-refractivity contribution in [2.45, 2.75) is 19.9 Å². The van der Waals surface area contributed by atoms with Gasteiger partial charge in [0, 0.05) is 10.9 Å². The number of nitrogens with zero attached hydrogens (tertiary/aromatic N) is 1. The highest BCUT2D eigenvalue weighted by Gasteiger charge is 2.29. The highest BCUT2D eigenvalue weighted by molar-refractivity contribution is 7.18. The largest absolute Gasteiger partial charge is 0.512 e. The monoisotopic (exact) mass is 451 g/mol. The van der Waals surface area contributed by atoms with Crippen LogP contribution in [0.15, 0.2) is 48.5 Å². The number of carboxylic acid groups (broad SMARTS) is 1. The lowest BCUT2D eigenvalue weighted by molar-refractivity contribution is 0.0973. The first kappa shape index (κ1) is 21.7. The summed E-state index contributed by atoms with van der Waals surface area (Å²) in [4.78, 5) is 26.1. The first-order chi connectivity index (χ1) is 14.2. The summed E-state index contributed by atoms with van der Waals surface area (Å²) in [5.74, 6) is -2.79. The smallest absolute Gasteiger partial charge is 0.449 e. The number of benzene rings is 2. The van der Waals surface area contributed by atoms with Gasteiger partial charge in [0.25, 0.3) is 5.91 Å². The van der Waals surface area contributed by atoms with Gasteiger partial charge in [0.2, 0.25) is 5.06 Å². The molecule has 0 atom stereocenters. The van der Waals surface area contributed by atoms with Crippen LogP contribution in [0.1, 0.15) is 24.2 Å². The molecule has 0 saturated carbocycles. The van der Waals surface area contributed by atoms with Gasteiger partial charge in [-0.3, -0.25) is 4.79 Å². The summed E-state index contributed by atoms with van der Waals surface area (Å²) < 4.78 is 33.2. The number of carbonyl (C=O) groups excluding carboxylic acids is 1. The molecule has 0 bridgehead atoms. The molecule has 156 valence electrons. The fraction of sp³-hybridized carbons (Fsp3) is 0.143. The van der Waals surface area contributed by atoms with E-state index in [1.807, 2.05) is 30.3 Å². The highest BCUT2D eigenvalue weighted by atomic mass is 35.5. The lowest BCUT2D eigenvalue weighted by Crippen LogP contribution is -2.37. The maximum Gasteiger partial charge on any atom is 0.512 e. The second-order valence-electron chi connectivity index (χ2n) is 6.53. The third kappa shape index (κ3) is 4.44. The number of rotatable bonds is 5. The van der Waals surface area contributed by atoms with Gasteiger partial charge in [-0.2, -0.15) is 0 Å². The predicted octanol–water partition coefficient (Wildman–Crippen LogP) is 6.46. The molecular weight excluding hydrogens is 436 g/mol. The Morgan fingerprint density at radius 1 is 1.10 bits per heavy atom. The van der Waals surface area contributed by atoms with E-state index >= 15 is 0 Å². The number of anilines is 1. The molecule has 1 amide bonds. The van der Waals surface area contributed by atoms with Crippen LogP contribution in [0.4, 0.5) is 19.3 Å². The van der Waals surface area contributed by atoms with Gasteiger partial charge in [0.05, 0.1) is 16.3 Å². The maximum atomic E-state index is 14.4. The van der Waals surface area contributed by atoms with E-state index in [1.165, 1.54) is 0 Å². The third-order valence-electron chi connectivity index (χ3n) is 4.15. The lowest BCUT2D eigenvalue weighted by Gasteiger charge is -2.26. The molecule has 0 radical (unpaired) electrons. The van der Waals surface area contributed by atoms with Crippen molar-refractivity contribution in [3.63, 3.8) is 0 Å². The van der Waals surface area contributed by atoms with Gasteiger partial charge in [-0.05, 0) is 37.6 Å². The molecule has 3 rings (SSSR count). The molecule has 0 fully saturated rings. The van der Waals surface area contributed by atoms with Gasteiger partial charge in [-0.25, -0.2) is 13.6 Å². The average Bonchev–Trinajstić information content (AvgIpc) is 3.07. The minimum Gasteiger partial charge on any atom is -0.449 e. The molecule has 0 aliphatic rings. The molecule has 9 heteroatoms. The van der Waals surface area contributed by atoms with Gasteiger partial charge >= 0.3 is 6.16 Å². The Balaban J connectivity index is 2.13. The first-order valence-electron chi connectivity index (χ1n) is 8.77. The van der Waals surface area contributed by atoms with Crippen molar-refractivity contribution in [1.82, 2.24) is 0 Å². The zero-order valence-electron chi connectivity index (χ0n) is 15.9. The summed E-state index contributed by atoms with van der Waals surface area (Å²) in [6.07, 6.45) is -1.56. The zero-order valence-corrected chi connectivity index (χ0v) is 17.4. The standard InChI is InChI=1S/C21H16ClF2NO4S/c1-11(2)25(19(26)13-8-16(24)14(22)9-15(13)23)17-10-18(12-6-4-3-5-7-12)30-20(17)29-21(27)28/h3-11H,1-2H3,(H,27,28). The molecule has 1 heterocycles. The topological polar surface area (TPSA) is 66.8 Å². The number of carbonyl (C=O) groups is 2. The molecule has 30 heavy (non-hydrogen) atoms. The number of ether oxygens (including phenoxy) is 1. The van der Waals surface area contributed by atoms with E-state index < -0.39 is 40.3 Å². The van der Waals surface area contributed by atoms with Crippen molar-refractivity contribution in [2.24, 2.45) is 0 Å². The molecular formula is C21H16ClF2NO4S. The Labute approximate surface area is 180 Å². The van der Waals surface area contributed by atoms with Crippen molar-refractivity contribution < 1.29 is 28.2 Å². The summed E-state index contributed by atoms with van der Waals surface area (Å²) >= 11 is 6.60. The summed E-state index contributed by atoms with van der Waals surface area (Å²) in [6, 6.07) is 11.6. The lowest BCUT2D eigenvalue weighted by atomic mass is 10.1. The normalized spacial score (nSPS) is 10.9. The fourth-order valence-electron chi connectivity index (χ4n) is 2.87. The van der Waals surface area contributed by atoms with Crippen LogP contribution in [0.3, 0.4) is 0 Å². The van der Waals surface area contributed by atoms with Crippen LogP contribution in [0.5, 0.6) is 5.06 Å². The van der Waals surface area contributed by atoms with E-state index in [9.17, 15) is 18.4 Å². The van der Waals surface area contributed by atoms with E-state index in [1.54, 1.807) is 19.9 Å². The van der Waals surface area contributed by atoms with Crippen LogP contribution < -0.4 is 9.64 Å². The summed E-state index contributed by atoms with van der Waals surface area (Å²) in [6.45, 7) is 3.32. The van der Waals surface area contributed by atoms with Crippen molar-refractivity contribution in [2.75, 3.05) is 4.90 Å². The maximum absolute atomic E-state index is 14.4. The molecule has 3 aromatic rings. The van der Waals surface area contributed by atoms with E-state index in [4.69, 9.17) is 21.4 Å². The van der Waals surface area contributed by atoms with Crippen molar-refractivity contribution in [1.29, 1.82) is 0 Å². The Bertz CT molecular complexity index is 1100. The second-order valence-corrected chi connectivity index (χ2v) is 7.95. The van der Waals surface area contributed by atoms with Crippen LogP contribution in [-0.2, 0) is 0 Å². The third-order valence-corrected chi connectivity index (χ3v) is 5.49. The highest BCUT2D eigenvalue weighted by Crippen LogP contribution is 2.44. The SMILES string of the molecule is CC(C)N(C(=O)c1cc(F)c(Cl)cc1F)c1cc(-c2ccccc2)sc1OC(=O)O. The van der Waals surface area contributed by atoms with Crippen LogP contribution in [0.2, 0.25) is 5.02 Å². The fourth-order valence-corrected chi connectivity index (χ4v) is 4.02. The molecule has 0 aliphatic carbocycles. The number of hydrogen-bond donors (Lipinski definition) is 1. The van der Waals surface area contributed by atoms with Gasteiger partial charge < -0.3 is 14.7 Å². The molecule has 0 aliphatic heterocycles. The molecule has 0 unspecified atom stereocenters. The number of thiophene rings is 1. The molecule has 1 N–H and O–H groups in total. The summed E-state index contributed by atoms with van der Waals surface area (Å²) in [7, 11) is 0. The molecule has 5 nitrogen and oxygen atoms in total. The first-order valence-corrected chi connectivity index (χ1v) is 9.96. The van der Waals surface area contributed by atoms with Gasteiger partial charge in [0.1, 0.15) is 11.6 Å². The Kier molecular flexibility index (Phi) is 6.38. The average molecular weight is 452 g/mol. The quantitative estimate of drug-likeness (QED) is 0.357. The zero-order chi connectivity index (χ0) is 22.0. The number of amides is 1. The van der Waals surface area contributed by atoms with Crippen LogP contribution in [0, 0.1) is 11.6 Å². The predicted molar refractivity (Wildman–Crippen MR) is 112 cm³/mol. The Hall–Kier alpha value is -2.97. The van der Waals surface area contributed by atoms with Gasteiger partial charge in [-0.1, -0.05) is 53.3 Å². The van der Waals surface area contributed by atoms with Crippen molar-refractivity contribution in [3.8, 4) is 15.5 Å². The molecule has 2 aromatic carbocycles. The van der Waals surface area contributed by atoms with Gasteiger partial charge in [-0.15, -0.1) is 0 Å². The number of halogens is 3. The number of hydrogen-bond acceptors (Lipinski definition) is 4. The summed E-state index contributed by atoms with van der Waals surface area (Å²) in [5.41, 5.74) is 0.388. The molecule has 0 spiro atoms. The second kappa shape index (κ2) is 8.81. The van der Waals surface area contributed by atoms with E-state index in [2.05, 4.69) is 0 Å². The van der Waals surface area contributed by atoms with Gasteiger partial charge in [0.15, 0.2) is 0 Å². The Morgan fingerprint density at radius 2 is 1.77 bits per heavy atom. The van der Waals surface area contributed by atoms with Crippen molar-refractivity contribution in [3.05, 3.63) is 70.8 Å². The minimum atomic E-state index is -1.56. The molecule has 1 aromatic heterocycles. The van der Waals surface area contributed by atoms with E-state index in [0.29, 0.717) is 4.88 Å². The van der Waals surface area contributed by atoms with Crippen molar-refractivity contribution >= 4 is 40.7 Å². The van der Waals surface area contributed by atoms with Crippen LogP contribution in [-0.4, -0.2) is 23.2 Å².